The number of likely N-dealkylation sites (tertiary alicyclic amines) is 1. The topological polar surface area (TPSA) is 102 Å². The number of hydrogen-bond acceptors (Lipinski definition) is 5. The van der Waals surface area contributed by atoms with Crippen molar-refractivity contribution in [2.24, 2.45) is 11.1 Å². The Hall–Kier alpha value is -2.12. The van der Waals surface area contributed by atoms with Crippen LogP contribution in [0.4, 0.5) is 4.79 Å². The van der Waals surface area contributed by atoms with E-state index in [1.54, 1.807) is 4.90 Å². The summed E-state index contributed by atoms with van der Waals surface area (Å²) in [5, 5.41) is 8.91. The SMILES string of the molecule is CC1C(c2ccccc2)CC(OC(N)=O)(C(C)(C)C)C(=O)N1CCOCCO. The number of carbonyl (C=O) groups excluding carboxylic acids is 2. The fraction of sp³-hybridized carbons (Fsp3) is 0.619. The Labute approximate surface area is 166 Å². The molecule has 0 aromatic heterocycles. The third kappa shape index (κ3) is 4.47. The highest BCUT2D eigenvalue weighted by atomic mass is 16.6. The van der Waals surface area contributed by atoms with Gasteiger partial charge in [-0.25, -0.2) is 4.79 Å². The number of primary amides is 1. The summed E-state index contributed by atoms with van der Waals surface area (Å²) in [6.07, 6.45) is -0.599. The van der Waals surface area contributed by atoms with Gasteiger partial charge in [0, 0.05) is 30.3 Å². The van der Waals surface area contributed by atoms with Crippen LogP contribution in [0.5, 0.6) is 0 Å². The summed E-state index contributed by atoms with van der Waals surface area (Å²) in [6.45, 7) is 8.40. The lowest BCUT2D eigenvalue weighted by Crippen LogP contribution is -2.66. The molecule has 7 nitrogen and oxygen atoms in total. The van der Waals surface area contributed by atoms with Gasteiger partial charge in [-0.05, 0) is 12.5 Å². The van der Waals surface area contributed by atoms with Gasteiger partial charge in [0.15, 0.2) is 5.60 Å². The van der Waals surface area contributed by atoms with Crippen LogP contribution in [0.15, 0.2) is 30.3 Å². The van der Waals surface area contributed by atoms with E-state index in [4.69, 9.17) is 20.3 Å². The predicted molar refractivity (Wildman–Crippen MR) is 106 cm³/mol. The molecule has 0 spiro atoms. The molecule has 2 amide bonds. The minimum atomic E-state index is -1.37. The van der Waals surface area contributed by atoms with Crippen LogP contribution in [-0.4, -0.2) is 60.0 Å². The highest BCUT2D eigenvalue weighted by Gasteiger charge is 2.59. The largest absolute Gasteiger partial charge is 0.432 e. The summed E-state index contributed by atoms with van der Waals surface area (Å²) in [5.41, 5.74) is 4.43. The number of aliphatic hydroxyl groups is 1. The molecule has 1 aliphatic rings. The molecular weight excluding hydrogens is 360 g/mol. The minimum absolute atomic E-state index is 0.0321. The highest BCUT2D eigenvalue weighted by Crippen LogP contribution is 2.48. The Balaban J connectivity index is 2.46. The maximum Gasteiger partial charge on any atom is 0.405 e. The molecule has 1 aromatic carbocycles. The molecule has 0 bridgehead atoms. The van der Waals surface area contributed by atoms with Gasteiger partial charge >= 0.3 is 6.09 Å². The van der Waals surface area contributed by atoms with E-state index >= 15 is 0 Å². The molecule has 3 N–H and O–H groups in total. The van der Waals surface area contributed by atoms with Crippen LogP contribution in [0.2, 0.25) is 0 Å². The van der Waals surface area contributed by atoms with E-state index in [2.05, 4.69) is 0 Å². The van der Waals surface area contributed by atoms with Crippen molar-refractivity contribution < 1.29 is 24.2 Å². The normalized spacial score (nSPS) is 25.6. The molecule has 0 saturated carbocycles. The van der Waals surface area contributed by atoms with Gasteiger partial charge in [0.25, 0.3) is 5.91 Å². The summed E-state index contributed by atoms with van der Waals surface area (Å²) in [5.74, 6) is -0.290. The zero-order valence-corrected chi connectivity index (χ0v) is 17.2. The Morgan fingerprint density at radius 1 is 1.29 bits per heavy atom. The number of amides is 2. The Kier molecular flexibility index (Phi) is 7.06. The first kappa shape index (κ1) is 22.2. The quantitative estimate of drug-likeness (QED) is 0.693. The molecule has 3 atom stereocenters. The van der Waals surface area contributed by atoms with Gasteiger partial charge in [-0.2, -0.15) is 0 Å². The molecule has 0 aliphatic carbocycles. The van der Waals surface area contributed by atoms with Crippen LogP contribution in [0.3, 0.4) is 0 Å². The molecule has 7 heteroatoms. The standard InChI is InChI=1S/C21H32N2O5/c1-15-17(16-8-6-5-7-9-16)14-21(20(2,3)4,28-19(22)26)18(25)23(15)10-12-27-13-11-24/h5-9,15,17,24H,10-14H2,1-4H3,(H2,22,26). The predicted octanol–water partition coefficient (Wildman–Crippen LogP) is 2.28. The van der Waals surface area contributed by atoms with E-state index < -0.39 is 17.1 Å². The van der Waals surface area contributed by atoms with Gasteiger partial charge in [-0.15, -0.1) is 0 Å². The molecule has 0 radical (unpaired) electrons. The van der Waals surface area contributed by atoms with Crippen molar-refractivity contribution in [2.45, 2.75) is 51.7 Å². The summed E-state index contributed by atoms with van der Waals surface area (Å²) in [7, 11) is 0. The summed E-state index contributed by atoms with van der Waals surface area (Å²) >= 11 is 0. The Morgan fingerprint density at radius 3 is 2.46 bits per heavy atom. The van der Waals surface area contributed by atoms with Crippen LogP contribution in [0.1, 0.15) is 45.6 Å². The molecule has 2 rings (SSSR count). The number of nitrogens with zero attached hydrogens (tertiary/aromatic N) is 1. The first-order valence-corrected chi connectivity index (χ1v) is 9.67. The molecule has 1 saturated heterocycles. The Morgan fingerprint density at radius 2 is 1.93 bits per heavy atom. The number of carbonyl (C=O) groups is 2. The van der Waals surface area contributed by atoms with E-state index in [1.807, 2.05) is 58.0 Å². The summed E-state index contributed by atoms with van der Waals surface area (Å²) in [6, 6.07) is 9.80. The van der Waals surface area contributed by atoms with Crippen molar-refractivity contribution in [1.82, 2.24) is 4.90 Å². The van der Waals surface area contributed by atoms with Crippen LogP contribution >= 0.6 is 0 Å². The maximum absolute atomic E-state index is 13.6. The molecular formula is C21H32N2O5. The second-order valence-electron chi connectivity index (χ2n) is 8.29. The highest BCUT2D eigenvalue weighted by molar-refractivity contribution is 5.90. The average Bonchev–Trinajstić information content (AvgIpc) is 2.63. The number of piperidine rings is 1. The molecule has 1 aromatic rings. The second kappa shape index (κ2) is 8.92. The number of aliphatic hydroxyl groups excluding tert-OH is 1. The molecule has 3 unspecified atom stereocenters. The lowest BCUT2D eigenvalue weighted by molar-refractivity contribution is -0.178. The summed E-state index contributed by atoms with van der Waals surface area (Å²) in [4.78, 5) is 27.1. The lowest BCUT2D eigenvalue weighted by Gasteiger charge is -2.53. The molecule has 156 valence electrons. The van der Waals surface area contributed by atoms with Gasteiger partial charge in [0.1, 0.15) is 0 Å². The van der Waals surface area contributed by atoms with Crippen molar-refractivity contribution in [3.8, 4) is 0 Å². The zero-order chi connectivity index (χ0) is 20.9. The number of rotatable bonds is 7. The molecule has 1 fully saturated rings. The van der Waals surface area contributed by atoms with E-state index in [0.29, 0.717) is 13.0 Å². The molecule has 1 heterocycles. The van der Waals surface area contributed by atoms with Crippen LogP contribution < -0.4 is 5.73 Å². The average molecular weight is 392 g/mol. The van der Waals surface area contributed by atoms with E-state index in [0.717, 1.165) is 5.56 Å². The lowest BCUT2D eigenvalue weighted by atomic mass is 9.65. The van der Waals surface area contributed by atoms with Gasteiger partial charge < -0.3 is 25.2 Å². The number of nitrogens with two attached hydrogens (primary N) is 1. The summed E-state index contributed by atoms with van der Waals surface area (Å²) < 4.78 is 11.0. The van der Waals surface area contributed by atoms with Crippen molar-refractivity contribution in [3.05, 3.63) is 35.9 Å². The van der Waals surface area contributed by atoms with E-state index in [1.165, 1.54) is 0 Å². The molecule has 28 heavy (non-hydrogen) atoms. The Bertz CT molecular complexity index is 673. The van der Waals surface area contributed by atoms with Gasteiger partial charge in [-0.3, -0.25) is 4.79 Å². The van der Waals surface area contributed by atoms with Crippen LogP contribution in [0, 0.1) is 5.41 Å². The van der Waals surface area contributed by atoms with Crippen molar-refractivity contribution in [1.29, 1.82) is 0 Å². The van der Waals surface area contributed by atoms with Crippen LogP contribution in [0.25, 0.3) is 0 Å². The van der Waals surface area contributed by atoms with Gasteiger partial charge in [0.2, 0.25) is 0 Å². The van der Waals surface area contributed by atoms with Crippen molar-refractivity contribution >= 4 is 12.0 Å². The fourth-order valence-corrected chi connectivity index (χ4v) is 3.97. The number of benzene rings is 1. The number of ether oxygens (including phenoxy) is 2. The third-order valence-corrected chi connectivity index (χ3v) is 5.61. The van der Waals surface area contributed by atoms with Gasteiger partial charge in [-0.1, -0.05) is 51.1 Å². The fourth-order valence-electron chi connectivity index (χ4n) is 3.97. The van der Waals surface area contributed by atoms with E-state index in [9.17, 15) is 9.59 Å². The second-order valence-corrected chi connectivity index (χ2v) is 8.29. The smallest absolute Gasteiger partial charge is 0.405 e. The monoisotopic (exact) mass is 392 g/mol. The zero-order valence-electron chi connectivity index (χ0n) is 17.2. The first-order chi connectivity index (χ1) is 13.1. The van der Waals surface area contributed by atoms with Gasteiger partial charge in [0.05, 0.1) is 19.8 Å². The van der Waals surface area contributed by atoms with E-state index in [-0.39, 0.29) is 37.7 Å². The van der Waals surface area contributed by atoms with Crippen molar-refractivity contribution in [2.75, 3.05) is 26.4 Å². The number of hydrogen-bond donors (Lipinski definition) is 2. The minimum Gasteiger partial charge on any atom is -0.432 e. The first-order valence-electron chi connectivity index (χ1n) is 9.67. The molecule has 1 aliphatic heterocycles. The third-order valence-electron chi connectivity index (χ3n) is 5.61. The maximum atomic E-state index is 13.6. The van der Waals surface area contributed by atoms with Crippen LogP contribution in [-0.2, 0) is 14.3 Å². The van der Waals surface area contributed by atoms with Crippen molar-refractivity contribution in [3.63, 3.8) is 0 Å².